The lowest BCUT2D eigenvalue weighted by molar-refractivity contribution is -0.931. The van der Waals surface area contributed by atoms with Gasteiger partial charge in [0.1, 0.15) is 29.8 Å². The number of phenols is 1. The number of likely N-dealkylation sites (tertiary alicyclic amines) is 1. The first-order valence-corrected chi connectivity index (χ1v) is 22.8. The van der Waals surface area contributed by atoms with Crippen molar-refractivity contribution in [2.75, 3.05) is 19.3 Å². The highest BCUT2D eigenvalue weighted by Crippen LogP contribution is 2.66. The summed E-state index contributed by atoms with van der Waals surface area (Å²) in [4.78, 5) is 27.5. The minimum absolute atomic E-state index is 0.139. The van der Waals surface area contributed by atoms with E-state index in [-0.39, 0.29) is 23.5 Å². The van der Waals surface area contributed by atoms with Crippen LogP contribution in [0.25, 0.3) is 0 Å². The van der Waals surface area contributed by atoms with E-state index in [9.17, 15) is 27.7 Å². The summed E-state index contributed by atoms with van der Waals surface area (Å²) in [6.45, 7) is 21.7. The molecule has 1 aromatic carbocycles. The Morgan fingerprint density at radius 2 is 1.56 bits per heavy atom. The normalized spacial score (nSPS) is 27.5. The number of quaternary nitrogens is 1. The molecule has 3 aliphatic rings. The van der Waals surface area contributed by atoms with Gasteiger partial charge in [-0.1, -0.05) is 98.1 Å². The summed E-state index contributed by atoms with van der Waals surface area (Å²) < 4.78 is 46.7. The number of carbonyl (C=O) groups excluding carboxylic acids is 2. The van der Waals surface area contributed by atoms with Crippen molar-refractivity contribution in [3.8, 4) is 11.5 Å². The van der Waals surface area contributed by atoms with Crippen molar-refractivity contribution in [2.24, 2.45) is 28.6 Å². The summed E-state index contributed by atoms with van der Waals surface area (Å²) in [6.07, 6.45) is 15.9. The maximum atomic E-state index is 14.4. The van der Waals surface area contributed by atoms with Crippen LogP contribution in [-0.4, -0.2) is 65.5 Å². The molecule has 2 saturated heterocycles. The van der Waals surface area contributed by atoms with Gasteiger partial charge in [-0.2, -0.15) is 8.42 Å². The van der Waals surface area contributed by atoms with Crippen LogP contribution in [0.4, 0.5) is 0 Å². The largest absolute Gasteiger partial charge is 0.507 e. The second-order valence-electron chi connectivity index (χ2n) is 19.5. The molecule has 2 aliphatic heterocycles. The van der Waals surface area contributed by atoms with Crippen LogP contribution in [-0.2, 0) is 37.4 Å². The molecule has 0 spiro atoms. The summed E-state index contributed by atoms with van der Waals surface area (Å²) in [7, 11) is -2.26. The molecule has 1 aliphatic carbocycles. The number of allylic oxidation sites excluding steroid dienone is 2. The Balaban J connectivity index is 1.56. The number of rotatable bonds is 20. The van der Waals surface area contributed by atoms with E-state index >= 15 is 0 Å². The molecule has 0 radical (unpaired) electrons. The average Bonchev–Trinajstić information content (AvgIpc) is 3.58. The van der Waals surface area contributed by atoms with Gasteiger partial charge in [0, 0.05) is 23.8 Å². The standard InChI is InChI=1S/C45H73NO8S/c1-30(2)16-12-17-31(3)18-13-19-32(4)20-14-21-33(5)23-24-37-38(28-46(11)27-15-22-36(46)29-55(50,51)52)40(35(7)34(6)39(37)47)53-42(49)45-26-25-44(10,41(48)54-45)43(45,8)9/h23,30-32,36H,12-22,24-29H2,1-11H3,(H-,47,50,51,52)/p+1/b33-23+/t31-,32-,36+,44+,45-,46?/m1/s1. The van der Waals surface area contributed by atoms with Gasteiger partial charge in [0.2, 0.25) is 5.60 Å². The zero-order valence-corrected chi connectivity index (χ0v) is 36.9. The van der Waals surface area contributed by atoms with E-state index in [1.165, 1.54) is 50.5 Å². The number of esters is 2. The molecule has 4 rings (SSSR count). The van der Waals surface area contributed by atoms with Crippen molar-refractivity contribution >= 4 is 22.1 Å². The van der Waals surface area contributed by atoms with Gasteiger partial charge < -0.3 is 19.1 Å². The molecule has 1 aromatic rings. The fraction of sp³-hybridized carbons (Fsp3) is 0.778. The second-order valence-corrected chi connectivity index (χ2v) is 21.0. The van der Waals surface area contributed by atoms with Crippen LogP contribution >= 0.6 is 0 Å². The van der Waals surface area contributed by atoms with E-state index in [0.29, 0.717) is 77.2 Å². The SMILES string of the molecule is C/C(=C\Cc1c(O)c(C)c(C)c(OC(=O)[C@@]23CC[C@@](C)(C(=O)O2)C3(C)C)c1C[N+]1(C)CCC[C@H]1CS(=O)(=O)O)CCC[C@H](C)CCC[C@H](C)CCCC(C)C. The van der Waals surface area contributed by atoms with E-state index in [0.717, 1.165) is 31.1 Å². The predicted octanol–water partition coefficient (Wildman–Crippen LogP) is 9.96. The minimum Gasteiger partial charge on any atom is -0.507 e. The highest BCUT2D eigenvalue weighted by Gasteiger charge is 2.76. The highest BCUT2D eigenvalue weighted by atomic mass is 32.2. The van der Waals surface area contributed by atoms with Crippen molar-refractivity contribution in [1.29, 1.82) is 0 Å². The molecule has 312 valence electrons. The van der Waals surface area contributed by atoms with Gasteiger partial charge in [0.05, 0.1) is 24.6 Å². The first-order chi connectivity index (χ1) is 25.5. The van der Waals surface area contributed by atoms with E-state index in [1.807, 2.05) is 41.7 Å². The lowest BCUT2D eigenvalue weighted by atomic mass is 9.66. The molecule has 6 atom stereocenters. The number of hydrogen-bond acceptors (Lipinski definition) is 7. The lowest BCUT2D eigenvalue weighted by Gasteiger charge is -2.38. The molecule has 2 N–H and O–H groups in total. The molecule has 0 aromatic heterocycles. The third kappa shape index (κ3) is 9.82. The third-order valence-corrected chi connectivity index (χ3v) is 15.4. The molecular formula is C45H74NO8S+. The molecule has 55 heavy (non-hydrogen) atoms. The van der Waals surface area contributed by atoms with Crippen LogP contribution in [0.2, 0.25) is 0 Å². The lowest BCUT2D eigenvalue weighted by Crippen LogP contribution is -2.51. The molecule has 2 heterocycles. The first-order valence-electron chi connectivity index (χ1n) is 21.2. The fourth-order valence-corrected chi connectivity index (χ4v) is 10.8. The number of ether oxygens (including phenoxy) is 2. The number of carbonyl (C=O) groups is 2. The summed E-state index contributed by atoms with van der Waals surface area (Å²) in [5.74, 6) is 1.35. The van der Waals surface area contributed by atoms with Gasteiger partial charge in [-0.25, -0.2) is 4.79 Å². The summed E-state index contributed by atoms with van der Waals surface area (Å²) in [6, 6.07) is -0.369. The first kappa shape index (κ1) is 45.3. The van der Waals surface area contributed by atoms with Crippen LogP contribution in [0.15, 0.2) is 11.6 Å². The smallest absolute Gasteiger partial charge is 0.356 e. The number of phenolic OH excluding ortho intramolecular Hbond substituents is 1. The number of benzene rings is 1. The highest BCUT2D eigenvalue weighted by molar-refractivity contribution is 7.85. The summed E-state index contributed by atoms with van der Waals surface area (Å²) in [5.41, 5.74) is 0.696. The Labute approximate surface area is 333 Å². The molecule has 2 bridgehead atoms. The quantitative estimate of drug-likeness (QED) is 0.0440. The topological polar surface area (TPSA) is 127 Å². The maximum Gasteiger partial charge on any atom is 0.356 e. The zero-order valence-electron chi connectivity index (χ0n) is 36.1. The number of aromatic hydroxyl groups is 1. The Kier molecular flexibility index (Phi) is 14.5. The summed E-state index contributed by atoms with van der Waals surface area (Å²) >= 11 is 0. The van der Waals surface area contributed by atoms with Crippen molar-refractivity contribution < 1.29 is 41.6 Å². The van der Waals surface area contributed by atoms with Gasteiger partial charge >= 0.3 is 11.9 Å². The Bertz CT molecular complexity index is 1700. The molecule has 9 nitrogen and oxygen atoms in total. The molecule has 1 unspecified atom stereocenters. The minimum atomic E-state index is -4.24. The Morgan fingerprint density at radius 1 is 0.964 bits per heavy atom. The van der Waals surface area contributed by atoms with Crippen molar-refractivity contribution in [2.45, 2.75) is 177 Å². The zero-order chi connectivity index (χ0) is 41.1. The van der Waals surface area contributed by atoms with Crippen LogP contribution in [0.5, 0.6) is 11.5 Å². The van der Waals surface area contributed by atoms with Crippen LogP contribution in [0.1, 0.15) is 161 Å². The monoisotopic (exact) mass is 789 g/mol. The number of fused-ring (bicyclic) bond motifs is 2. The van der Waals surface area contributed by atoms with Crippen LogP contribution in [0.3, 0.4) is 0 Å². The molecule has 3 fully saturated rings. The van der Waals surface area contributed by atoms with Gasteiger partial charge in [0.15, 0.2) is 0 Å². The maximum absolute atomic E-state index is 14.4. The van der Waals surface area contributed by atoms with Crippen LogP contribution < -0.4 is 4.74 Å². The molecule has 10 heteroatoms. The molecule has 0 amide bonds. The van der Waals surface area contributed by atoms with Crippen molar-refractivity contribution in [3.05, 3.63) is 33.9 Å². The third-order valence-electron chi connectivity index (χ3n) is 14.6. The van der Waals surface area contributed by atoms with Gasteiger partial charge in [0.25, 0.3) is 10.1 Å². The van der Waals surface area contributed by atoms with E-state index in [4.69, 9.17) is 9.47 Å². The fourth-order valence-electron chi connectivity index (χ4n) is 9.83. The summed E-state index contributed by atoms with van der Waals surface area (Å²) in [5, 5.41) is 11.8. The van der Waals surface area contributed by atoms with Crippen molar-refractivity contribution in [3.63, 3.8) is 0 Å². The van der Waals surface area contributed by atoms with Crippen LogP contribution in [0, 0.1) is 42.4 Å². The van der Waals surface area contributed by atoms with Gasteiger partial charge in [-0.3, -0.25) is 9.35 Å². The van der Waals surface area contributed by atoms with Gasteiger partial charge in [-0.05, 0) is 88.7 Å². The van der Waals surface area contributed by atoms with E-state index in [2.05, 4.69) is 40.7 Å². The van der Waals surface area contributed by atoms with Crippen molar-refractivity contribution in [1.82, 2.24) is 0 Å². The molecule has 1 saturated carbocycles. The molecular weight excluding hydrogens is 715 g/mol. The Morgan fingerprint density at radius 3 is 2.11 bits per heavy atom. The van der Waals surface area contributed by atoms with Gasteiger partial charge in [-0.15, -0.1) is 0 Å². The van der Waals surface area contributed by atoms with E-state index < -0.39 is 32.5 Å². The predicted molar refractivity (Wildman–Crippen MR) is 220 cm³/mol. The average molecular weight is 789 g/mol. The Hall–Kier alpha value is -2.43. The van der Waals surface area contributed by atoms with E-state index in [1.54, 1.807) is 0 Å². The number of nitrogens with zero attached hydrogens (tertiary/aromatic N) is 1. The second kappa shape index (κ2) is 17.6. The number of hydrogen-bond donors (Lipinski definition) is 2.